The number of carbonyl (C=O) groups is 2. The number of aryl methyl sites for hydroxylation is 2. The SMILES string of the molecule is Cc1cccc(CNC(=O)c2nn(C)c3c2CN(C(=O)Cc2ccccc2)CC3)c1. The molecule has 2 amide bonds. The first kappa shape index (κ1) is 19.9. The Balaban J connectivity index is 1.47. The summed E-state index contributed by atoms with van der Waals surface area (Å²) in [5.74, 6) is -0.132. The lowest BCUT2D eigenvalue weighted by atomic mass is 10.0. The molecule has 0 atom stereocenters. The summed E-state index contributed by atoms with van der Waals surface area (Å²) in [6, 6.07) is 17.8. The molecule has 2 aromatic carbocycles. The van der Waals surface area contributed by atoms with Gasteiger partial charge >= 0.3 is 0 Å². The van der Waals surface area contributed by atoms with Crippen LogP contribution in [0.5, 0.6) is 0 Å². The number of rotatable bonds is 5. The fourth-order valence-electron chi connectivity index (χ4n) is 3.96. The zero-order valence-electron chi connectivity index (χ0n) is 17.4. The Morgan fingerprint density at radius 3 is 2.60 bits per heavy atom. The van der Waals surface area contributed by atoms with E-state index >= 15 is 0 Å². The molecule has 0 bridgehead atoms. The number of carbonyl (C=O) groups excluding carboxylic acids is 2. The predicted octanol–water partition coefficient (Wildman–Crippen LogP) is 2.79. The molecular weight excluding hydrogens is 376 g/mol. The highest BCUT2D eigenvalue weighted by molar-refractivity contribution is 5.94. The number of benzene rings is 2. The first-order valence-corrected chi connectivity index (χ1v) is 10.2. The van der Waals surface area contributed by atoms with E-state index in [1.807, 2.05) is 67.4 Å². The van der Waals surface area contributed by atoms with Crippen LogP contribution in [0.15, 0.2) is 54.6 Å². The van der Waals surface area contributed by atoms with Gasteiger partial charge in [0.25, 0.3) is 5.91 Å². The number of hydrogen-bond donors (Lipinski definition) is 1. The van der Waals surface area contributed by atoms with E-state index in [-0.39, 0.29) is 11.8 Å². The molecule has 2 heterocycles. The van der Waals surface area contributed by atoms with Crippen molar-refractivity contribution in [2.24, 2.45) is 7.05 Å². The monoisotopic (exact) mass is 402 g/mol. The Hall–Kier alpha value is -3.41. The summed E-state index contributed by atoms with van der Waals surface area (Å²) >= 11 is 0. The van der Waals surface area contributed by atoms with Crippen LogP contribution in [0.1, 0.15) is 38.4 Å². The third kappa shape index (κ3) is 4.27. The van der Waals surface area contributed by atoms with Crippen molar-refractivity contribution in [2.45, 2.75) is 32.9 Å². The molecule has 0 saturated heterocycles. The zero-order valence-corrected chi connectivity index (χ0v) is 17.4. The van der Waals surface area contributed by atoms with Crippen LogP contribution in [0.25, 0.3) is 0 Å². The van der Waals surface area contributed by atoms with E-state index in [2.05, 4.69) is 16.5 Å². The zero-order chi connectivity index (χ0) is 21.1. The first-order chi connectivity index (χ1) is 14.5. The highest BCUT2D eigenvalue weighted by atomic mass is 16.2. The summed E-state index contributed by atoms with van der Waals surface area (Å²) in [6.07, 6.45) is 1.07. The topological polar surface area (TPSA) is 67.2 Å². The lowest BCUT2D eigenvalue weighted by Gasteiger charge is -2.27. The van der Waals surface area contributed by atoms with Crippen LogP contribution in [0, 0.1) is 6.92 Å². The molecule has 1 aliphatic rings. The predicted molar refractivity (Wildman–Crippen MR) is 115 cm³/mol. The largest absolute Gasteiger partial charge is 0.347 e. The highest BCUT2D eigenvalue weighted by Gasteiger charge is 2.29. The number of amides is 2. The molecule has 4 rings (SSSR count). The van der Waals surface area contributed by atoms with Gasteiger partial charge < -0.3 is 10.2 Å². The van der Waals surface area contributed by atoms with Crippen molar-refractivity contribution in [2.75, 3.05) is 6.54 Å². The Kier molecular flexibility index (Phi) is 5.65. The van der Waals surface area contributed by atoms with Gasteiger partial charge in [-0.2, -0.15) is 5.10 Å². The van der Waals surface area contributed by atoms with Crippen molar-refractivity contribution in [1.29, 1.82) is 0 Å². The number of fused-ring (bicyclic) bond motifs is 1. The fourth-order valence-corrected chi connectivity index (χ4v) is 3.96. The molecule has 154 valence electrons. The summed E-state index contributed by atoms with van der Waals surface area (Å²) in [5, 5.41) is 7.44. The molecule has 6 nitrogen and oxygen atoms in total. The standard InChI is InChI=1S/C24H26N4O2/c1-17-7-6-10-19(13-17)15-25-24(30)23-20-16-28(12-11-21(20)27(2)26-23)22(29)14-18-8-4-3-5-9-18/h3-10,13H,11-12,14-16H2,1-2H3,(H,25,30). The molecule has 1 aromatic heterocycles. The van der Waals surface area contributed by atoms with Gasteiger partial charge in [-0.15, -0.1) is 0 Å². The van der Waals surface area contributed by atoms with Crippen LogP contribution < -0.4 is 5.32 Å². The van der Waals surface area contributed by atoms with Crippen molar-refractivity contribution in [1.82, 2.24) is 20.0 Å². The fraction of sp³-hybridized carbons (Fsp3) is 0.292. The lowest BCUT2D eigenvalue weighted by molar-refractivity contribution is -0.131. The maximum absolute atomic E-state index is 12.9. The number of aromatic nitrogens is 2. The second-order valence-corrected chi connectivity index (χ2v) is 7.80. The quantitative estimate of drug-likeness (QED) is 0.714. The Bertz CT molecular complexity index is 1070. The molecule has 0 unspecified atom stereocenters. The Morgan fingerprint density at radius 1 is 1.07 bits per heavy atom. The van der Waals surface area contributed by atoms with E-state index in [1.54, 1.807) is 4.68 Å². The summed E-state index contributed by atoms with van der Waals surface area (Å²) in [6.45, 7) is 3.54. The second-order valence-electron chi connectivity index (χ2n) is 7.80. The van der Waals surface area contributed by atoms with E-state index in [0.717, 1.165) is 27.9 Å². The molecule has 6 heteroatoms. The molecule has 0 radical (unpaired) electrons. The van der Waals surface area contributed by atoms with Crippen molar-refractivity contribution in [3.8, 4) is 0 Å². The van der Waals surface area contributed by atoms with Crippen LogP contribution >= 0.6 is 0 Å². The van der Waals surface area contributed by atoms with Gasteiger partial charge in [0, 0.05) is 44.4 Å². The number of hydrogen-bond acceptors (Lipinski definition) is 3. The van der Waals surface area contributed by atoms with Crippen LogP contribution in [-0.2, 0) is 37.8 Å². The molecule has 0 saturated carbocycles. The summed E-state index contributed by atoms with van der Waals surface area (Å²) < 4.78 is 1.77. The van der Waals surface area contributed by atoms with E-state index in [0.29, 0.717) is 38.2 Å². The van der Waals surface area contributed by atoms with E-state index < -0.39 is 0 Å². The lowest BCUT2D eigenvalue weighted by Crippen LogP contribution is -2.38. The molecule has 3 aromatic rings. The molecule has 0 aliphatic carbocycles. The van der Waals surface area contributed by atoms with Crippen LogP contribution in [-0.4, -0.2) is 33.0 Å². The minimum absolute atomic E-state index is 0.0711. The molecule has 0 fully saturated rings. The smallest absolute Gasteiger partial charge is 0.272 e. The third-order valence-electron chi connectivity index (χ3n) is 5.54. The van der Waals surface area contributed by atoms with Gasteiger partial charge in [-0.25, -0.2) is 0 Å². The molecule has 30 heavy (non-hydrogen) atoms. The van der Waals surface area contributed by atoms with Gasteiger partial charge in [0.1, 0.15) is 0 Å². The van der Waals surface area contributed by atoms with Crippen LogP contribution in [0.3, 0.4) is 0 Å². The van der Waals surface area contributed by atoms with Gasteiger partial charge in [-0.3, -0.25) is 14.3 Å². The van der Waals surface area contributed by atoms with Crippen LogP contribution in [0.4, 0.5) is 0 Å². The van der Waals surface area contributed by atoms with Crippen molar-refractivity contribution < 1.29 is 9.59 Å². The van der Waals surface area contributed by atoms with Crippen molar-refractivity contribution in [3.63, 3.8) is 0 Å². The van der Waals surface area contributed by atoms with Crippen LogP contribution in [0.2, 0.25) is 0 Å². The maximum Gasteiger partial charge on any atom is 0.272 e. The van der Waals surface area contributed by atoms with E-state index in [4.69, 9.17) is 0 Å². The Morgan fingerprint density at radius 2 is 1.83 bits per heavy atom. The average molecular weight is 402 g/mol. The van der Waals surface area contributed by atoms with E-state index in [1.165, 1.54) is 0 Å². The molecule has 0 spiro atoms. The first-order valence-electron chi connectivity index (χ1n) is 10.2. The van der Waals surface area contributed by atoms with E-state index in [9.17, 15) is 9.59 Å². The van der Waals surface area contributed by atoms with Gasteiger partial charge in [0.2, 0.25) is 5.91 Å². The number of nitrogens with zero attached hydrogens (tertiary/aromatic N) is 3. The third-order valence-corrected chi connectivity index (χ3v) is 5.54. The second kappa shape index (κ2) is 8.53. The highest BCUT2D eigenvalue weighted by Crippen LogP contribution is 2.23. The average Bonchev–Trinajstić information content (AvgIpc) is 3.09. The maximum atomic E-state index is 12.9. The normalized spacial score (nSPS) is 13.1. The Labute approximate surface area is 176 Å². The minimum Gasteiger partial charge on any atom is -0.347 e. The summed E-state index contributed by atoms with van der Waals surface area (Å²) in [5.41, 5.74) is 5.50. The summed E-state index contributed by atoms with van der Waals surface area (Å²) in [7, 11) is 1.86. The van der Waals surface area contributed by atoms with Gasteiger partial charge in [-0.05, 0) is 18.1 Å². The number of nitrogens with one attached hydrogen (secondary N) is 1. The molecule has 1 aliphatic heterocycles. The van der Waals surface area contributed by atoms with Crippen molar-refractivity contribution >= 4 is 11.8 Å². The van der Waals surface area contributed by atoms with Gasteiger partial charge in [-0.1, -0.05) is 60.2 Å². The molecular formula is C24H26N4O2. The van der Waals surface area contributed by atoms with Gasteiger partial charge in [0.05, 0.1) is 6.42 Å². The minimum atomic E-state index is -0.203. The molecule has 1 N–H and O–H groups in total. The summed E-state index contributed by atoms with van der Waals surface area (Å²) in [4.78, 5) is 27.5. The van der Waals surface area contributed by atoms with Crippen molar-refractivity contribution in [3.05, 3.63) is 88.2 Å². The van der Waals surface area contributed by atoms with Gasteiger partial charge in [0.15, 0.2) is 5.69 Å².